The Bertz CT molecular complexity index is 1070. The van der Waals surface area contributed by atoms with Crippen LogP contribution < -0.4 is 5.32 Å². The number of nitrogens with one attached hydrogen (secondary N) is 1. The predicted molar refractivity (Wildman–Crippen MR) is 121 cm³/mol. The van der Waals surface area contributed by atoms with Crippen LogP contribution in [0.5, 0.6) is 0 Å². The number of likely N-dealkylation sites (tertiary alicyclic amines) is 1. The fraction of sp³-hybridized carbons (Fsp3) is 0.381. The molecule has 1 N–H and O–H groups in total. The zero-order chi connectivity index (χ0) is 21.8. The van der Waals surface area contributed by atoms with Gasteiger partial charge in [-0.2, -0.15) is 0 Å². The standard InChI is InChI=1S/C21H24N6O2S2/c1-3-26-18(24-25-21(26)31-13-17(28)23-20-22-10-12-30-20)16-9-6-11-27(16)19(29)15-8-5-4-7-14(15)2/h4-5,7-8,10,12,16H,3,6,9,11,13H2,1-2H3,(H,22,23,28). The van der Waals surface area contributed by atoms with E-state index in [0.717, 1.165) is 29.8 Å². The van der Waals surface area contributed by atoms with E-state index in [2.05, 4.69) is 20.5 Å². The number of anilines is 1. The monoisotopic (exact) mass is 456 g/mol. The van der Waals surface area contributed by atoms with Gasteiger partial charge < -0.3 is 14.8 Å². The lowest BCUT2D eigenvalue weighted by Crippen LogP contribution is -2.32. The van der Waals surface area contributed by atoms with Gasteiger partial charge >= 0.3 is 0 Å². The first-order valence-corrected chi connectivity index (χ1v) is 12.1. The van der Waals surface area contributed by atoms with Crippen molar-refractivity contribution in [2.45, 2.75) is 44.4 Å². The highest BCUT2D eigenvalue weighted by Crippen LogP contribution is 2.34. The molecule has 0 spiro atoms. The van der Waals surface area contributed by atoms with Gasteiger partial charge in [-0.05, 0) is 38.3 Å². The van der Waals surface area contributed by atoms with Crippen LogP contribution in [0.15, 0.2) is 41.0 Å². The summed E-state index contributed by atoms with van der Waals surface area (Å²) < 4.78 is 2.01. The molecule has 1 unspecified atom stereocenters. The van der Waals surface area contributed by atoms with Crippen molar-refractivity contribution in [3.05, 3.63) is 52.8 Å². The predicted octanol–water partition coefficient (Wildman–Crippen LogP) is 3.77. The van der Waals surface area contributed by atoms with E-state index in [1.807, 2.05) is 53.0 Å². The summed E-state index contributed by atoms with van der Waals surface area (Å²) in [7, 11) is 0. The molecule has 0 radical (unpaired) electrons. The third-order valence-electron chi connectivity index (χ3n) is 5.26. The van der Waals surface area contributed by atoms with Gasteiger partial charge in [0.1, 0.15) is 0 Å². The zero-order valence-electron chi connectivity index (χ0n) is 17.4. The summed E-state index contributed by atoms with van der Waals surface area (Å²) in [6, 6.07) is 7.55. The molecule has 10 heteroatoms. The van der Waals surface area contributed by atoms with Crippen molar-refractivity contribution in [3.63, 3.8) is 0 Å². The Morgan fingerprint density at radius 1 is 1.29 bits per heavy atom. The van der Waals surface area contributed by atoms with E-state index in [1.165, 1.54) is 23.1 Å². The second-order valence-corrected chi connectivity index (χ2v) is 9.07. The Kier molecular flexibility index (Phi) is 6.67. The number of thioether (sulfide) groups is 1. The minimum Gasteiger partial charge on any atom is -0.328 e. The number of nitrogens with zero attached hydrogens (tertiary/aromatic N) is 5. The Morgan fingerprint density at radius 2 is 2.13 bits per heavy atom. The first kappa shape index (κ1) is 21.5. The van der Waals surface area contributed by atoms with Gasteiger partial charge in [0, 0.05) is 30.2 Å². The fourth-order valence-corrected chi connectivity index (χ4v) is 5.12. The highest BCUT2D eigenvalue weighted by atomic mass is 32.2. The smallest absolute Gasteiger partial charge is 0.254 e. The summed E-state index contributed by atoms with van der Waals surface area (Å²) in [6.07, 6.45) is 3.43. The molecule has 8 nitrogen and oxygen atoms in total. The first-order valence-electron chi connectivity index (χ1n) is 10.2. The maximum atomic E-state index is 13.2. The second kappa shape index (κ2) is 9.61. The molecule has 2 amide bonds. The Hall–Kier alpha value is -2.72. The van der Waals surface area contributed by atoms with Gasteiger partial charge in [0.25, 0.3) is 5.91 Å². The molecule has 3 aromatic rings. The van der Waals surface area contributed by atoms with E-state index in [0.29, 0.717) is 23.4 Å². The third-order valence-corrected chi connectivity index (χ3v) is 6.92. The topological polar surface area (TPSA) is 93.0 Å². The van der Waals surface area contributed by atoms with Crippen molar-refractivity contribution in [3.8, 4) is 0 Å². The average Bonchev–Trinajstić information content (AvgIpc) is 3.52. The summed E-state index contributed by atoms with van der Waals surface area (Å²) in [5, 5.41) is 14.6. The normalized spacial score (nSPS) is 15.9. The van der Waals surface area contributed by atoms with Crippen molar-refractivity contribution < 1.29 is 9.59 Å². The summed E-state index contributed by atoms with van der Waals surface area (Å²) in [4.78, 5) is 31.4. The fourth-order valence-electron chi connectivity index (χ4n) is 3.77. The maximum Gasteiger partial charge on any atom is 0.254 e. The molecule has 4 rings (SSSR count). The molecular formula is C21H24N6O2S2. The van der Waals surface area contributed by atoms with Crippen LogP contribution in [0.2, 0.25) is 0 Å². The molecule has 162 valence electrons. The van der Waals surface area contributed by atoms with Gasteiger partial charge in [-0.3, -0.25) is 9.59 Å². The van der Waals surface area contributed by atoms with E-state index in [1.54, 1.807) is 6.20 Å². The Balaban J connectivity index is 1.49. The number of carbonyl (C=O) groups is 2. The summed E-state index contributed by atoms with van der Waals surface area (Å²) in [5.74, 6) is 0.895. The number of hydrogen-bond donors (Lipinski definition) is 1. The lowest BCUT2D eigenvalue weighted by Gasteiger charge is -2.25. The van der Waals surface area contributed by atoms with Crippen LogP contribution >= 0.6 is 23.1 Å². The first-order chi connectivity index (χ1) is 15.1. The number of thiazole rings is 1. The van der Waals surface area contributed by atoms with Gasteiger partial charge in [-0.1, -0.05) is 30.0 Å². The van der Waals surface area contributed by atoms with Crippen molar-refractivity contribution in [1.82, 2.24) is 24.6 Å². The molecule has 1 atom stereocenters. The van der Waals surface area contributed by atoms with Crippen LogP contribution in [0.1, 0.15) is 47.6 Å². The quantitative estimate of drug-likeness (QED) is 0.544. The summed E-state index contributed by atoms with van der Waals surface area (Å²) >= 11 is 2.72. The van der Waals surface area contributed by atoms with Crippen molar-refractivity contribution >= 4 is 40.0 Å². The van der Waals surface area contributed by atoms with Gasteiger partial charge in [-0.25, -0.2) is 4.98 Å². The van der Waals surface area contributed by atoms with E-state index >= 15 is 0 Å². The highest BCUT2D eigenvalue weighted by Gasteiger charge is 2.35. The minimum atomic E-state index is -0.135. The van der Waals surface area contributed by atoms with Crippen LogP contribution in [0.4, 0.5) is 5.13 Å². The van der Waals surface area contributed by atoms with Crippen LogP contribution in [-0.4, -0.2) is 48.8 Å². The molecule has 0 bridgehead atoms. The Labute approximate surface area is 189 Å². The molecule has 2 aromatic heterocycles. The molecule has 1 fully saturated rings. The molecule has 1 aliphatic heterocycles. The van der Waals surface area contributed by atoms with Crippen LogP contribution in [0, 0.1) is 6.92 Å². The van der Waals surface area contributed by atoms with Gasteiger partial charge in [0.2, 0.25) is 5.91 Å². The molecule has 3 heterocycles. The van der Waals surface area contributed by atoms with Gasteiger partial charge in [-0.15, -0.1) is 21.5 Å². The van der Waals surface area contributed by atoms with E-state index in [4.69, 9.17) is 0 Å². The average molecular weight is 457 g/mol. The molecule has 1 aliphatic rings. The van der Waals surface area contributed by atoms with E-state index in [-0.39, 0.29) is 23.6 Å². The Morgan fingerprint density at radius 3 is 2.87 bits per heavy atom. The number of aromatic nitrogens is 4. The number of aryl methyl sites for hydroxylation is 1. The van der Waals surface area contributed by atoms with Crippen molar-refractivity contribution in [1.29, 1.82) is 0 Å². The number of amides is 2. The lowest BCUT2D eigenvalue weighted by atomic mass is 10.1. The van der Waals surface area contributed by atoms with Crippen molar-refractivity contribution in [2.75, 3.05) is 17.6 Å². The molecule has 1 aromatic carbocycles. The largest absolute Gasteiger partial charge is 0.328 e. The summed E-state index contributed by atoms with van der Waals surface area (Å²) in [5.41, 5.74) is 1.70. The molecule has 31 heavy (non-hydrogen) atoms. The second-order valence-electron chi connectivity index (χ2n) is 7.23. The molecular weight excluding hydrogens is 432 g/mol. The van der Waals surface area contributed by atoms with Crippen LogP contribution in [0.3, 0.4) is 0 Å². The van der Waals surface area contributed by atoms with Gasteiger partial charge in [0.05, 0.1) is 11.8 Å². The third kappa shape index (κ3) is 4.64. The number of carbonyl (C=O) groups excluding carboxylic acids is 2. The SMILES string of the molecule is CCn1c(SCC(=O)Nc2nccs2)nnc1C1CCCN1C(=O)c1ccccc1C. The molecule has 0 aliphatic carbocycles. The minimum absolute atomic E-state index is 0.0308. The van der Waals surface area contributed by atoms with Crippen LogP contribution in [-0.2, 0) is 11.3 Å². The lowest BCUT2D eigenvalue weighted by molar-refractivity contribution is -0.113. The van der Waals surface area contributed by atoms with Gasteiger partial charge in [0.15, 0.2) is 16.1 Å². The van der Waals surface area contributed by atoms with Crippen molar-refractivity contribution in [2.24, 2.45) is 0 Å². The number of hydrogen-bond acceptors (Lipinski definition) is 7. The highest BCUT2D eigenvalue weighted by molar-refractivity contribution is 7.99. The number of benzene rings is 1. The maximum absolute atomic E-state index is 13.2. The summed E-state index contributed by atoms with van der Waals surface area (Å²) in [6.45, 7) is 5.35. The zero-order valence-corrected chi connectivity index (χ0v) is 19.1. The van der Waals surface area contributed by atoms with E-state index in [9.17, 15) is 9.59 Å². The van der Waals surface area contributed by atoms with E-state index < -0.39 is 0 Å². The number of rotatable bonds is 7. The molecule has 0 saturated carbocycles. The molecule has 1 saturated heterocycles. The van der Waals surface area contributed by atoms with Crippen LogP contribution in [0.25, 0.3) is 0 Å².